The van der Waals surface area contributed by atoms with E-state index in [1.165, 1.54) is 14.2 Å². The molecule has 1 heterocycles. The van der Waals surface area contributed by atoms with Crippen molar-refractivity contribution >= 4 is 12.0 Å². The van der Waals surface area contributed by atoms with Gasteiger partial charge in [0.2, 0.25) is 0 Å². The van der Waals surface area contributed by atoms with Gasteiger partial charge in [-0.25, -0.2) is 14.5 Å². The number of carbonyl (C=O) groups excluding carboxylic acids is 2. The van der Waals surface area contributed by atoms with Gasteiger partial charge < -0.3 is 15.2 Å². The monoisotopic (exact) mass is 410 g/mol. The Kier molecular flexibility index (Phi) is 6.33. The SMILES string of the molecule is COc1ccc(-n2nc(C(=O)N(C)OC)cc2-c2ccc(COC(N)=O)cc2)cc1. The third-order valence-corrected chi connectivity index (χ3v) is 4.44. The van der Waals surface area contributed by atoms with E-state index in [9.17, 15) is 9.59 Å². The van der Waals surface area contributed by atoms with E-state index in [1.807, 2.05) is 48.5 Å². The number of amides is 2. The molecular weight excluding hydrogens is 388 g/mol. The number of hydroxylamine groups is 2. The topological polar surface area (TPSA) is 109 Å². The van der Waals surface area contributed by atoms with Crippen molar-refractivity contribution in [2.75, 3.05) is 21.3 Å². The Morgan fingerprint density at radius 1 is 1.07 bits per heavy atom. The van der Waals surface area contributed by atoms with Crippen LogP contribution in [0.1, 0.15) is 16.1 Å². The quantitative estimate of drug-likeness (QED) is 0.600. The molecule has 0 fully saturated rings. The van der Waals surface area contributed by atoms with Crippen LogP contribution in [0.3, 0.4) is 0 Å². The molecule has 2 aromatic carbocycles. The smallest absolute Gasteiger partial charge is 0.404 e. The van der Waals surface area contributed by atoms with Crippen LogP contribution < -0.4 is 10.5 Å². The van der Waals surface area contributed by atoms with Crippen molar-refractivity contribution in [3.8, 4) is 22.7 Å². The molecule has 0 radical (unpaired) electrons. The van der Waals surface area contributed by atoms with Crippen LogP contribution in [0.5, 0.6) is 5.75 Å². The summed E-state index contributed by atoms with van der Waals surface area (Å²) in [5.41, 5.74) is 8.29. The van der Waals surface area contributed by atoms with Gasteiger partial charge >= 0.3 is 6.09 Å². The van der Waals surface area contributed by atoms with Gasteiger partial charge in [0.1, 0.15) is 12.4 Å². The van der Waals surface area contributed by atoms with Crippen LogP contribution in [0.25, 0.3) is 16.9 Å². The number of hydrogen-bond donors (Lipinski definition) is 1. The Morgan fingerprint density at radius 2 is 1.73 bits per heavy atom. The maximum Gasteiger partial charge on any atom is 0.404 e. The summed E-state index contributed by atoms with van der Waals surface area (Å²) in [7, 11) is 4.52. The maximum atomic E-state index is 12.6. The summed E-state index contributed by atoms with van der Waals surface area (Å²) in [6.07, 6.45) is -0.831. The molecule has 0 unspecified atom stereocenters. The lowest BCUT2D eigenvalue weighted by atomic mass is 10.1. The van der Waals surface area contributed by atoms with E-state index in [0.717, 1.165) is 21.9 Å². The molecular formula is C21H22N4O5. The number of hydrogen-bond acceptors (Lipinski definition) is 6. The molecule has 3 aromatic rings. The summed E-state index contributed by atoms with van der Waals surface area (Å²) in [4.78, 5) is 28.3. The first-order valence-electron chi connectivity index (χ1n) is 9.01. The number of aromatic nitrogens is 2. The van der Waals surface area contributed by atoms with Gasteiger partial charge in [-0.3, -0.25) is 9.63 Å². The zero-order valence-corrected chi connectivity index (χ0v) is 16.9. The molecule has 9 heteroatoms. The molecule has 0 spiro atoms. The molecule has 156 valence electrons. The summed E-state index contributed by atoms with van der Waals surface area (Å²) >= 11 is 0. The van der Waals surface area contributed by atoms with Crippen molar-refractivity contribution in [1.82, 2.24) is 14.8 Å². The van der Waals surface area contributed by atoms with Crippen LogP contribution in [-0.2, 0) is 16.2 Å². The highest BCUT2D eigenvalue weighted by atomic mass is 16.7. The van der Waals surface area contributed by atoms with Crippen molar-refractivity contribution in [2.45, 2.75) is 6.61 Å². The number of methoxy groups -OCH3 is 1. The van der Waals surface area contributed by atoms with Crippen molar-refractivity contribution in [3.05, 3.63) is 65.9 Å². The minimum absolute atomic E-state index is 0.0791. The highest BCUT2D eigenvalue weighted by molar-refractivity contribution is 5.92. The zero-order valence-electron chi connectivity index (χ0n) is 16.9. The maximum absolute atomic E-state index is 12.6. The van der Waals surface area contributed by atoms with E-state index in [4.69, 9.17) is 20.0 Å². The summed E-state index contributed by atoms with van der Waals surface area (Å²) in [5.74, 6) is 0.333. The Hall–Kier alpha value is -3.85. The fraction of sp³-hybridized carbons (Fsp3) is 0.190. The van der Waals surface area contributed by atoms with Crippen molar-refractivity contribution in [2.24, 2.45) is 5.73 Å². The number of nitrogens with zero attached hydrogens (tertiary/aromatic N) is 3. The van der Waals surface area contributed by atoms with E-state index in [2.05, 4.69) is 5.10 Å². The van der Waals surface area contributed by atoms with E-state index in [0.29, 0.717) is 11.4 Å². The van der Waals surface area contributed by atoms with Gasteiger partial charge in [0.25, 0.3) is 5.91 Å². The molecule has 2 N–H and O–H groups in total. The van der Waals surface area contributed by atoms with Crippen molar-refractivity contribution in [1.29, 1.82) is 0 Å². The third-order valence-electron chi connectivity index (χ3n) is 4.44. The van der Waals surface area contributed by atoms with Gasteiger partial charge in [-0.1, -0.05) is 24.3 Å². The second-order valence-corrected chi connectivity index (χ2v) is 6.31. The van der Waals surface area contributed by atoms with Crippen LogP contribution in [0, 0.1) is 0 Å². The Labute approximate surface area is 173 Å². The Balaban J connectivity index is 2.01. The number of primary amides is 1. The van der Waals surface area contributed by atoms with Gasteiger partial charge in [-0.15, -0.1) is 0 Å². The first-order chi connectivity index (χ1) is 14.4. The van der Waals surface area contributed by atoms with Crippen LogP contribution in [0.15, 0.2) is 54.6 Å². The number of ether oxygens (including phenoxy) is 2. The molecule has 0 aliphatic rings. The fourth-order valence-corrected chi connectivity index (χ4v) is 2.78. The average molecular weight is 410 g/mol. The highest BCUT2D eigenvalue weighted by Gasteiger charge is 2.20. The molecule has 2 amide bonds. The number of nitrogens with two attached hydrogens (primary N) is 1. The van der Waals surface area contributed by atoms with Gasteiger partial charge in [0.15, 0.2) is 5.69 Å². The Morgan fingerprint density at radius 3 is 2.30 bits per heavy atom. The minimum atomic E-state index is -0.831. The van der Waals surface area contributed by atoms with Gasteiger partial charge in [0.05, 0.1) is 25.6 Å². The summed E-state index contributed by atoms with van der Waals surface area (Å²) < 4.78 is 11.7. The molecule has 0 bridgehead atoms. The number of carbonyl (C=O) groups is 2. The molecule has 0 saturated heterocycles. The number of rotatable bonds is 7. The lowest BCUT2D eigenvalue weighted by Crippen LogP contribution is -2.25. The molecule has 3 rings (SSSR count). The van der Waals surface area contributed by atoms with E-state index in [-0.39, 0.29) is 18.2 Å². The molecule has 30 heavy (non-hydrogen) atoms. The fourth-order valence-electron chi connectivity index (χ4n) is 2.78. The molecule has 0 atom stereocenters. The second-order valence-electron chi connectivity index (χ2n) is 6.31. The third kappa shape index (κ3) is 4.58. The summed E-state index contributed by atoms with van der Waals surface area (Å²) in [5, 5.41) is 5.59. The van der Waals surface area contributed by atoms with Gasteiger partial charge in [0, 0.05) is 12.6 Å². The average Bonchev–Trinajstić information content (AvgIpc) is 3.22. The minimum Gasteiger partial charge on any atom is -0.497 e. The van der Waals surface area contributed by atoms with Crippen LogP contribution in [-0.4, -0.2) is 48.1 Å². The highest BCUT2D eigenvalue weighted by Crippen LogP contribution is 2.26. The predicted molar refractivity (Wildman–Crippen MR) is 109 cm³/mol. The molecule has 0 aliphatic heterocycles. The second kappa shape index (κ2) is 9.10. The molecule has 0 aliphatic carbocycles. The van der Waals surface area contributed by atoms with E-state index >= 15 is 0 Å². The van der Waals surface area contributed by atoms with Crippen LogP contribution >= 0.6 is 0 Å². The first kappa shape index (κ1) is 20.9. The first-order valence-corrected chi connectivity index (χ1v) is 9.01. The predicted octanol–water partition coefficient (Wildman–Crippen LogP) is 2.78. The van der Waals surface area contributed by atoms with Crippen LogP contribution in [0.2, 0.25) is 0 Å². The number of benzene rings is 2. The lowest BCUT2D eigenvalue weighted by molar-refractivity contribution is -0.0760. The Bertz CT molecular complexity index is 1030. The van der Waals surface area contributed by atoms with Crippen molar-refractivity contribution < 1.29 is 23.9 Å². The molecule has 0 saturated carbocycles. The zero-order chi connectivity index (χ0) is 21.7. The lowest BCUT2D eigenvalue weighted by Gasteiger charge is -2.11. The van der Waals surface area contributed by atoms with Crippen LogP contribution in [0.4, 0.5) is 4.79 Å². The van der Waals surface area contributed by atoms with Crippen molar-refractivity contribution in [3.63, 3.8) is 0 Å². The summed E-state index contributed by atoms with van der Waals surface area (Å²) in [6.45, 7) is 0.0791. The standard InChI is InChI=1S/C21H22N4O5/c1-24(29-3)20(26)18-12-19(15-6-4-14(5-7-15)13-30-21(22)27)25(23-18)16-8-10-17(28-2)11-9-16/h4-12H,13H2,1-3H3,(H2,22,27). The normalized spacial score (nSPS) is 10.5. The summed E-state index contributed by atoms with van der Waals surface area (Å²) in [6, 6.07) is 16.3. The molecule has 9 nitrogen and oxygen atoms in total. The van der Waals surface area contributed by atoms with Gasteiger partial charge in [-0.2, -0.15) is 5.10 Å². The van der Waals surface area contributed by atoms with E-state index < -0.39 is 6.09 Å². The molecule has 1 aromatic heterocycles. The largest absolute Gasteiger partial charge is 0.497 e. The van der Waals surface area contributed by atoms with E-state index in [1.54, 1.807) is 17.9 Å². The van der Waals surface area contributed by atoms with Gasteiger partial charge in [-0.05, 0) is 35.9 Å².